The minimum atomic E-state index is -3.53. The summed E-state index contributed by atoms with van der Waals surface area (Å²) >= 11 is 0. The van der Waals surface area contributed by atoms with Gasteiger partial charge in [0.25, 0.3) is 10.0 Å². The Morgan fingerprint density at radius 3 is 2.61 bits per heavy atom. The van der Waals surface area contributed by atoms with Gasteiger partial charge in [-0.3, -0.25) is 0 Å². The van der Waals surface area contributed by atoms with Gasteiger partial charge >= 0.3 is 0 Å². The summed E-state index contributed by atoms with van der Waals surface area (Å²) in [4.78, 5) is 6.86. The second kappa shape index (κ2) is 6.31. The average molecular weight is 275 g/mol. The molecule has 0 fully saturated rings. The molecule has 1 rings (SSSR count). The third kappa shape index (κ3) is 3.30. The van der Waals surface area contributed by atoms with Crippen molar-refractivity contribution in [1.82, 2.24) is 14.3 Å². The van der Waals surface area contributed by atoms with E-state index in [4.69, 9.17) is 4.74 Å². The van der Waals surface area contributed by atoms with Crippen LogP contribution in [0.1, 0.15) is 26.6 Å². The molecule has 0 unspecified atom stereocenters. The molecule has 7 heteroatoms. The largest absolute Gasteiger partial charge is 0.383 e. The minimum absolute atomic E-state index is 0.126. The van der Waals surface area contributed by atoms with Crippen LogP contribution in [0.5, 0.6) is 0 Å². The molecule has 0 bridgehead atoms. The van der Waals surface area contributed by atoms with Crippen molar-refractivity contribution in [2.75, 3.05) is 20.3 Å². The number of aromatic amines is 1. The van der Waals surface area contributed by atoms with Gasteiger partial charge in [-0.25, -0.2) is 13.4 Å². The lowest BCUT2D eigenvalue weighted by molar-refractivity contribution is 0.170. The lowest BCUT2D eigenvalue weighted by Crippen LogP contribution is -2.39. The summed E-state index contributed by atoms with van der Waals surface area (Å²) in [6.45, 7) is 6.29. The summed E-state index contributed by atoms with van der Waals surface area (Å²) in [7, 11) is -1.97. The molecule has 6 nitrogen and oxygen atoms in total. The van der Waals surface area contributed by atoms with E-state index in [2.05, 4.69) is 9.97 Å². The first-order chi connectivity index (χ1) is 8.43. The summed E-state index contributed by atoms with van der Waals surface area (Å²) in [6, 6.07) is -0.126. The fraction of sp³-hybridized carbons (Fsp3) is 0.727. The first kappa shape index (κ1) is 15.1. The summed E-state index contributed by atoms with van der Waals surface area (Å²) in [5, 5.41) is 0.143. The first-order valence-electron chi connectivity index (χ1n) is 5.98. The molecule has 0 aliphatic rings. The molecular formula is C11H21N3O3S. The average Bonchev–Trinajstić information content (AvgIpc) is 2.77. The molecule has 0 atom stereocenters. The van der Waals surface area contributed by atoms with E-state index < -0.39 is 10.0 Å². The standard InChI is InChI=1S/C11H21N3O3S/c1-5-10-12-8-11(13-10)18(15,16)14(9(2)3)6-7-17-4/h8-9H,5-7H2,1-4H3,(H,12,13). The van der Waals surface area contributed by atoms with Gasteiger partial charge < -0.3 is 9.72 Å². The SMILES string of the molecule is CCc1ncc(S(=O)(=O)N(CCOC)C(C)C)[nH]1. The molecule has 0 spiro atoms. The number of aryl methyl sites for hydroxylation is 1. The quantitative estimate of drug-likeness (QED) is 0.806. The van der Waals surface area contributed by atoms with E-state index in [0.717, 1.165) is 0 Å². The molecule has 104 valence electrons. The van der Waals surface area contributed by atoms with Crippen LogP contribution in [-0.4, -0.2) is 49.0 Å². The second-order valence-electron chi connectivity index (χ2n) is 4.25. The number of rotatable bonds is 7. The number of sulfonamides is 1. The van der Waals surface area contributed by atoms with Crippen LogP contribution in [0.15, 0.2) is 11.2 Å². The third-order valence-corrected chi connectivity index (χ3v) is 4.60. The smallest absolute Gasteiger partial charge is 0.260 e. The van der Waals surface area contributed by atoms with Crippen molar-refractivity contribution in [2.24, 2.45) is 0 Å². The van der Waals surface area contributed by atoms with Gasteiger partial charge in [0.05, 0.1) is 12.8 Å². The number of aromatic nitrogens is 2. The normalized spacial score (nSPS) is 12.6. The number of nitrogens with one attached hydrogen (secondary N) is 1. The van der Waals surface area contributed by atoms with Crippen molar-refractivity contribution < 1.29 is 13.2 Å². The Hall–Kier alpha value is -0.920. The molecule has 0 aliphatic heterocycles. The van der Waals surface area contributed by atoms with Crippen LogP contribution in [0.3, 0.4) is 0 Å². The Bertz CT molecular complexity index is 468. The number of nitrogens with zero attached hydrogens (tertiary/aromatic N) is 2. The van der Waals surface area contributed by atoms with Crippen LogP contribution in [-0.2, 0) is 21.2 Å². The van der Waals surface area contributed by atoms with Crippen LogP contribution in [0.25, 0.3) is 0 Å². The third-order valence-electron chi connectivity index (χ3n) is 2.62. The van der Waals surface area contributed by atoms with Crippen molar-refractivity contribution in [3.63, 3.8) is 0 Å². The number of H-pyrrole nitrogens is 1. The maximum Gasteiger partial charge on any atom is 0.260 e. The van der Waals surface area contributed by atoms with E-state index in [9.17, 15) is 8.42 Å². The molecule has 0 amide bonds. The molecule has 0 aliphatic carbocycles. The molecule has 0 radical (unpaired) electrons. The topological polar surface area (TPSA) is 75.3 Å². The number of ether oxygens (including phenoxy) is 1. The Morgan fingerprint density at radius 1 is 1.50 bits per heavy atom. The number of methoxy groups -OCH3 is 1. The maximum atomic E-state index is 12.4. The highest BCUT2D eigenvalue weighted by atomic mass is 32.2. The fourth-order valence-electron chi connectivity index (χ4n) is 1.62. The highest BCUT2D eigenvalue weighted by Gasteiger charge is 2.28. The highest BCUT2D eigenvalue weighted by molar-refractivity contribution is 7.89. The zero-order valence-corrected chi connectivity index (χ0v) is 12.1. The minimum Gasteiger partial charge on any atom is -0.383 e. The zero-order valence-electron chi connectivity index (χ0n) is 11.3. The van der Waals surface area contributed by atoms with Gasteiger partial charge in [0.2, 0.25) is 0 Å². The van der Waals surface area contributed by atoms with Crippen molar-refractivity contribution in [1.29, 1.82) is 0 Å². The Morgan fingerprint density at radius 2 is 2.17 bits per heavy atom. The lowest BCUT2D eigenvalue weighted by atomic mass is 10.4. The lowest BCUT2D eigenvalue weighted by Gasteiger charge is -2.24. The van der Waals surface area contributed by atoms with Gasteiger partial charge in [0, 0.05) is 26.1 Å². The predicted octanol–water partition coefficient (Wildman–Crippen LogP) is 1.02. The first-order valence-corrected chi connectivity index (χ1v) is 7.42. The van der Waals surface area contributed by atoms with Gasteiger partial charge in [-0.15, -0.1) is 0 Å². The fourth-order valence-corrected chi connectivity index (χ4v) is 3.17. The number of hydrogen-bond acceptors (Lipinski definition) is 4. The monoisotopic (exact) mass is 275 g/mol. The second-order valence-corrected chi connectivity index (χ2v) is 6.11. The van der Waals surface area contributed by atoms with E-state index >= 15 is 0 Å². The highest BCUT2D eigenvalue weighted by Crippen LogP contribution is 2.16. The van der Waals surface area contributed by atoms with E-state index in [-0.39, 0.29) is 11.1 Å². The Balaban J connectivity index is 3.00. The van der Waals surface area contributed by atoms with E-state index in [1.165, 1.54) is 10.5 Å². The van der Waals surface area contributed by atoms with Crippen molar-refractivity contribution in [3.8, 4) is 0 Å². The van der Waals surface area contributed by atoms with E-state index in [1.807, 2.05) is 20.8 Å². The molecule has 0 saturated heterocycles. The summed E-state index contributed by atoms with van der Waals surface area (Å²) in [5.74, 6) is 0.670. The molecule has 1 N–H and O–H groups in total. The molecule has 1 heterocycles. The van der Waals surface area contributed by atoms with Crippen LogP contribution < -0.4 is 0 Å². The van der Waals surface area contributed by atoms with Crippen LogP contribution in [0.4, 0.5) is 0 Å². The molecule has 1 aromatic heterocycles. The van der Waals surface area contributed by atoms with E-state index in [0.29, 0.717) is 25.4 Å². The summed E-state index contributed by atoms with van der Waals surface area (Å²) in [6.07, 6.45) is 2.05. The van der Waals surface area contributed by atoms with Crippen molar-refractivity contribution in [3.05, 3.63) is 12.0 Å². The summed E-state index contributed by atoms with van der Waals surface area (Å²) < 4.78 is 31.2. The van der Waals surface area contributed by atoms with Gasteiger partial charge in [-0.2, -0.15) is 4.31 Å². The summed E-state index contributed by atoms with van der Waals surface area (Å²) in [5.41, 5.74) is 0. The number of imidazole rings is 1. The molecule has 0 saturated carbocycles. The van der Waals surface area contributed by atoms with Crippen molar-refractivity contribution >= 4 is 10.0 Å². The Kier molecular flexibility index (Phi) is 5.30. The molecular weight excluding hydrogens is 254 g/mol. The number of hydrogen-bond donors (Lipinski definition) is 1. The van der Waals surface area contributed by atoms with Crippen molar-refractivity contribution in [2.45, 2.75) is 38.3 Å². The van der Waals surface area contributed by atoms with Gasteiger partial charge in [-0.1, -0.05) is 6.92 Å². The predicted molar refractivity (Wildman–Crippen MR) is 68.9 cm³/mol. The molecule has 1 aromatic rings. The van der Waals surface area contributed by atoms with Crippen LogP contribution in [0.2, 0.25) is 0 Å². The van der Waals surface area contributed by atoms with Gasteiger partial charge in [0.15, 0.2) is 5.03 Å². The van der Waals surface area contributed by atoms with Gasteiger partial charge in [0.1, 0.15) is 5.82 Å². The molecule has 18 heavy (non-hydrogen) atoms. The Labute approximate surface area is 108 Å². The molecule has 0 aromatic carbocycles. The van der Waals surface area contributed by atoms with Crippen LogP contribution >= 0.6 is 0 Å². The van der Waals surface area contributed by atoms with E-state index in [1.54, 1.807) is 7.11 Å². The zero-order chi connectivity index (χ0) is 13.8. The van der Waals surface area contributed by atoms with Crippen LogP contribution in [0, 0.1) is 0 Å². The van der Waals surface area contributed by atoms with Gasteiger partial charge in [-0.05, 0) is 13.8 Å². The maximum absolute atomic E-state index is 12.4.